The van der Waals surface area contributed by atoms with E-state index in [1.807, 2.05) is 13.8 Å². The molecule has 1 aromatic rings. The zero-order valence-corrected chi connectivity index (χ0v) is 19.7. The predicted octanol–water partition coefficient (Wildman–Crippen LogP) is 2.73. The van der Waals surface area contributed by atoms with Gasteiger partial charge < -0.3 is 10.1 Å². The Morgan fingerprint density at radius 2 is 2.13 bits per heavy atom. The lowest BCUT2D eigenvalue weighted by molar-refractivity contribution is -0.138. The molecule has 1 aromatic heterocycles. The van der Waals surface area contributed by atoms with Gasteiger partial charge in [0.25, 0.3) is 0 Å². The number of hydrogen-bond acceptors (Lipinski definition) is 5. The number of nitrogens with zero attached hydrogens (tertiary/aromatic N) is 1. The molecule has 4 rings (SSSR count). The van der Waals surface area contributed by atoms with E-state index >= 15 is 0 Å². The van der Waals surface area contributed by atoms with Crippen LogP contribution >= 0.6 is 0 Å². The van der Waals surface area contributed by atoms with Gasteiger partial charge in [-0.1, -0.05) is 27.7 Å². The van der Waals surface area contributed by atoms with Gasteiger partial charge in [-0.25, -0.2) is 13.1 Å². The molecule has 7 nitrogen and oxygen atoms in total. The number of hydrogen-bond donors (Lipinski definition) is 2. The second kappa shape index (κ2) is 8.12. The number of pyridine rings is 1. The van der Waals surface area contributed by atoms with E-state index in [9.17, 15) is 13.2 Å². The maximum Gasteiger partial charge on any atom is 0.242 e. The Bertz CT molecular complexity index is 918. The molecule has 3 aliphatic rings. The van der Waals surface area contributed by atoms with Crippen LogP contribution in [0.25, 0.3) is 0 Å². The zero-order chi connectivity index (χ0) is 22.4. The highest BCUT2D eigenvalue weighted by Gasteiger charge is 2.68. The van der Waals surface area contributed by atoms with Crippen LogP contribution in [0, 0.1) is 28.6 Å². The fraction of sp³-hybridized carbons (Fsp3) is 0.739. The molecule has 3 fully saturated rings. The average molecular weight is 450 g/mol. The predicted molar refractivity (Wildman–Crippen MR) is 118 cm³/mol. The molecule has 2 heterocycles. The summed E-state index contributed by atoms with van der Waals surface area (Å²) in [5.41, 5.74) is 0.106. The van der Waals surface area contributed by atoms with Gasteiger partial charge in [-0.05, 0) is 60.5 Å². The van der Waals surface area contributed by atoms with E-state index in [1.54, 1.807) is 18.3 Å². The third-order valence-corrected chi connectivity index (χ3v) is 9.55. The SMILES string of the molecule is CC(C)C(=O)N[C@H]1C(C)(C)[C@@H]2C[C@@H]3[C@@H](CCNS(=O)(=O)c4cccnc4)OCCC31C2. The molecular weight excluding hydrogens is 414 g/mol. The maximum absolute atomic E-state index is 12.6. The summed E-state index contributed by atoms with van der Waals surface area (Å²) in [6, 6.07) is 3.30. The van der Waals surface area contributed by atoms with Crippen molar-refractivity contribution in [3.05, 3.63) is 24.5 Å². The first kappa shape index (κ1) is 22.7. The number of aromatic nitrogens is 1. The normalized spacial score (nSPS) is 34.0. The molecule has 1 aliphatic heterocycles. The van der Waals surface area contributed by atoms with Crippen LogP contribution in [0.15, 0.2) is 29.4 Å². The minimum absolute atomic E-state index is 0.00454. The van der Waals surface area contributed by atoms with Crippen LogP contribution < -0.4 is 10.0 Å². The first-order valence-electron chi connectivity index (χ1n) is 11.4. The molecular formula is C23H35N3O4S. The molecule has 1 saturated heterocycles. The van der Waals surface area contributed by atoms with E-state index < -0.39 is 10.0 Å². The maximum atomic E-state index is 12.6. The number of nitrogens with one attached hydrogen (secondary N) is 2. The van der Waals surface area contributed by atoms with Gasteiger partial charge in [0.15, 0.2) is 0 Å². The summed E-state index contributed by atoms with van der Waals surface area (Å²) in [5.74, 6) is 0.971. The van der Waals surface area contributed by atoms with Gasteiger partial charge >= 0.3 is 0 Å². The van der Waals surface area contributed by atoms with Crippen LogP contribution in [0.4, 0.5) is 0 Å². The van der Waals surface area contributed by atoms with Gasteiger partial charge in [0.1, 0.15) is 4.90 Å². The molecule has 5 atom stereocenters. The summed E-state index contributed by atoms with van der Waals surface area (Å²) < 4.78 is 33.9. The molecule has 172 valence electrons. The smallest absolute Gasteiger partial charge is 0.242 e. The minimum atomic E-state index is -3.58. The summed E-state index contributed by atoms with van der Waals surface area (Å²) in [7, 11) is -3.58. The summed E-state index contributed by atoms with van der Waals surface area (Å²) in [6.45, 7) is 9.44. The summed E-state index contributed by atoms with van der Waals surface area (Å²) in [4.78, 5) is 16.7. The average Bonchev–Trinajstić information content (AvgIpc) is 3.21. The van der Waals surface area contributed by atoms with Crippen molar-refractivity contribution >= 4 is 15.9 Å². The van der Waals surface area contributed by atoms with Gasteiger partial charge in [0.2, 0.25) is 15.9 Å². The van der Waals surface area contributed by atoms with E-state index in [0.717, 1.165) is 19.3 Å². The molecule has 8 heteroatoms. The molecule has 1 unspecified atom stereocenters. The molecule has 0 radical (unpaired) electrons. The van der Waals surface area contributed by atoms with E-state index in [2.05, 4.69) is 28.9 Å². The van der Waals surface area contributed by atoms with E-state index in [0.29, 0.717) is 31.4 Å². The first-order valence-corrected chi connectivity index (χ1v) is 12.9. The number of fused-ring (bicyclic) bond motifs is 1. The first-order chi connectivity index (χ1) is 14.6. The molecule has 1 amide bonds. The fourth-order valence-electron chi connectivity index (χ4n) is 6.43. The van der Waals surface area contributed by atoms with Crippen LogP contribution in [0.3, 0.4) is 0 Å². The largest absolute Gasteiger partial charge is 0.378 e. The number of rotatable bonds is 7. The minimum Gasteiger partial charge on any atom is -0.378 e. The highest BCUT2D eigenvalue weighted by molar-refractivity contribution is 7.89. The highest BCUT2D eigenvalue weighted by atomic mass is 32.2. The number of ether oxygens (including phenoxy) is 1. The molecule has 2 saturated carbocycles. The Morgan fingerprint density at radius 1 is 1.35 bits per heavy atom. The fourth-order valence-corrected chi connectivity index (χ4v) is 7.44. The number of amides is 1. The second-order valence-corrected chi connectivity index (χ2v) is 12.2. The van der Waals surface area contributed by atoms with Crippen molar-refractivity contribution in [1.29, 1.82) is 0 Å². The summed E-state index contributed by atoms with van der Waals surface area (Å²) >= 11 is 0. The topological polar surface area (TPSA) is 97.4 Å². The van der Waals surface area contributed by atoms with Crippen LogP contribution in [0.5, 0.6) is 0 Å². The third-order valence-electron chi connectivity index (χ3n) is 8.10. The van der Waals surface area contributed by atoms with Crippen molar-refractivity contribution in [3.63, 3.8) is 0 Å². The molecule has 0 aromatic carbocycles. The lowest BCUT2D eigenvalue weighted by atomic mass is 9.59. The monoisotopic (exact) mass is 449 g/mol. The summed E-state index contributed by atoms with van der Waals surface area (Å²) in [6.07, 6.45) is 6.71. The van der Waals surface area contributed by atoms with Crippen LogP contribution in [-0.4, -0.2) is 44.6 Å². The molecule has 2 aliphatic carbocycles. The van der Waals surface area contributed by atoms with Gasteiger partial charge in [-0.3, -0.25) is 9.78 Å². The van der Waals surface area contributed by atoms with Crippen molar-refractivity contribution < 1.29 is 17.9 Å². The quantitative estimate of drug-likeness (QED) is 0.667. The lowest BCUT2D eigenvalue weighted by Gasteiger charge is -2.53. The van der Waals surface area contributed by atoms with E-state index in [4.69, 9.17) is 4.74 Å². The van der Waals surface area contributed by atoms with Crippen molar-refractivity contribution in [1.82, 2.24) is 15.0 Å². The van der Waals surface area contributed by atoms with Crippen molar-refractivity contribution in [3.8, 4) is 0 Å². The second-order valence-electron chi connectivity index (χ2n) is 10.4. The van der Waals surface area contributed by atoms with Crippen molar-refractivity contribution in [2.45, 2.75) is 70.4 Å². The van der Waals surface area contributed by atoms with Gasteiger partial charge in [0.05, 0.1) is 6.10 Å². The Hall–Kier alpha value is -1.51. The number of carbonyl (C=O) groups is 1. The van der Waals surface area contributed by atoms with Crippen molar-refractivity contribution in [2.75, 3.05) is 13.2 Å². The lowest BCUT2D eigenvalue weighted by Crippen LogP contribution is -2.60. The standard InChI is InChI=1S/C23H35N3O4S/c1-15(2)20(27)26-21-22(3,4)16-12-18-19(30-11-8-23(18,21)13-16)7-10-25-31(28,29)17-6-5-9-24-14-17/h5-6,9,14-16,18-19,21,25H,7-8,10-13H2,1-4H3,(H,26,27)/t16-,18-,19-,21+,23?/m1/s1. The molecule has 31 heavy (non-hydrogen) atoms. The van der Waals surface area contributed by atoms with Crippen molar-refractivity contribution in [2.24, 2.45) is 28.6 Å². The number of carbonyl (C=O) groups excluding carboxylic acids is 1. The van der Waals surface area contributed by atoms with E-state index in [1.165, 1.54) is 6.20 Å². The van der Waals surface area contributed by atoms with Crippen LogP contribution in [0.2, 0.25) is 0 Å². The van der Waals surface area contributed by atoms with Gasteiger partial charge in [-0.2, -0.15) is 0 Å². The van der Waals surface area contributed by atoms with Gasteiger partial charge in [-0.15, -0.1) is 0 Å². The Kier molecular flexibility index (Phi) is 5.94. The Balaban J connectivity index is 1.46. The Morgan fingerprint density at radius 3 is 2.81 bits per heavy atom. The van der Waals surface area contributed by atoms with Gasteiger partial charge in [0, 0.05) is 37.5 Å². The Labute approximate surface area is 185 Å². The third kappa shape index (κ3) is 3.91. The zero-order valence-electron chi connectivity index (χ0n) is 18.9. The molecule has 1 spiro atoms. The molecule has 2 N–H and O–H groups in total. The molecule has 2 bridgehead atoms. The summed E-state index contributed by atoms with van der Waals surface area (Å²) in [5, 5.41) is 3.40. The number of sulfonamides is 1. The highest BCUT2D eigenvalue weighted by Crippen LogP contribution is 2.68. The van der Waals surface area contributed by atoms with Crippen LogP contribution in [0.1, 0.15) is 53.4 Å². The van der Waals surface area contributed by atoms with E-state index in [-0.39, 0.29) is 39.7 Å². The van der Waals surface area contributed by atoms with Crippen LogP contribution in [-0.2, 0) is 19.6 Å².